The summed E-state index contributed by atoms with van der Waals surface area (Å²) < 4.78 is 0. The Balaban J connectivity index is 1.69. The van der Waals surface area contributed by atoms with Gasteiger partial charge in [-0.1, -0.05) is 51.0 Å². The molecular weight excluding hydrogens is 368 g/mol. The molecule has 3 saturated carbocycles. The summed E-state index contributed by atoms with van der Waals surface area (Å²) in [7, 11) is 0. The molecule has 0 bridgehead atoms. The van der Waals surface area contributed by atoms with E-state index in [2.05, 4.69) is 32.6 Å². The van der Waals surface area contributed by atoms with Gasteiger partial charge in [-0.15, -0.1) is 0 Å². The topological polar surface area (TPSA) is 40.5 Å². The van der Waals surface area contributed by atoms with E-state index in [0.717, 1.165) is 43.4 Å². The average Bonchev–Trinajstić information content (AvgIpc) is 3.03. The highest BCUT2D eigenvalue weighted by atomic mass is 16.3. The molecule has 4 unspecified atom stereocenters. The highest BCUT2D eigenvalue weighted by molar-refractivity contribution is 5.37. The lowest BCUT2D eigenvalue weighted by molar-refractivity contribution is 0.0597. The van der Waals surface area contributed by atoms with Crippen molar-refractivity contribution >= 4 is 0 Å². The van der Waals surface area contributed by atoms with Crippen molar-refractivity contribution in [3.63, 3.8) is 0 Å². The van der Waals surface area contributed by atoms with E-state index in [4.69, 9.17) is 0 Å². The van der Waals surface area contributed by atoms with E-state index in [1.54, 1.807) is 5.57 Å². The third kappa shape index (κ3) is 5.30. The number of hydrogen-bond donors (Lipinski definition) is 2. The SMILES string of the molecule is C=C1/C(=C\C=C2/CCCC3(C)C2CCC3[C@H](C)CCCC(C)(C)O)CCCC1CO. The van der Waals surface area contributed by atoms with Crippen molar-refractivity contribution in [1.82, 2.24) is 0 Å². The first-order valence-electron chi connectivity index (χ1n) is 12.6. The van der Waals surface area contributed by atoms with Crippen molar-refractivity contribution in [3.8, 4) is 0 Å². The summed E-state index contributed by atoms with van der Waals surface area (Å²) in [5.41, 5.74) is 4.11. The number of aliphatic hydroxyl groups is 2. The van der Waals surface area contributed by atoms with Crippen molar-refractivity contribution in [2.75, 3.05) is 6.61 Å². The second-order valence-corrected chi connectivity index (χ2v) is 11.5. The minimum absolute atomic E-state index is 0.237. The Morgan fingerprint density at radius 2 is 1.93 bits per heavy atom. The van der Waals surface area contributed by atoms with Gasteiger partial charge in [0.1, 0.15) is 0 Å². The predicted octanol–water partition coefficient (Wildman–Crippen LogP) is 6.98. The van der Waals surface area contributed by atoms with Gasteiger partial charge in [0.05, 0.1) is 5.60 Å². The van der Waals surface area contributed by atoms with E-state index in [9.17, 15) is 10.2 Å². The Morgan fingerprint density at radius 3 is 2.63 bits per heavy atom. The lowest BCUT2D eigenvalue weighted by Crippen LogP contribution is -2.36. The standard InChI is InChI=1S/C28H46O2/c1-20(9-7-17-27(3,4)30)25-15-16-26-23(12-8-18-28(25,26)5)14-13-22-10-6-11-24(19-29)21(22)2/h13-14,20,24-26,29-30H,2,6-12,15-19H2,1,3-5H3/b22-13-,23-14+/t20-,24?,25?,26?,28?/m1/s1. The second-order valence-electron chi connectivity index (χ2n) is 11.5. The van der Waals surface area contributed by atoms with Crippen LogP contribution in [0.25, 0.3) is 0 Å². The van der Waals surface area contributed by atoms with Crippen molar-refractivity contribution in [2.45, 2.75) is 104 Å². The molecule has 3 fully saturated rings. The van der Waals surface area contributed by atoms with Crippen molar-refractivity contribution in [1.29, 1.82) is 0 Å². The molecule has 3 aliphatic rings. The number of fused-ring (bicyclic) bond motifs is 1. The third-order valence-corrected chi connectivity index (χ3v) is 8.80. The van der Waals surface area contributed by atoms with Crippen LogP contribution in [0.1, 0.15) is 98.3 Å². The first kappa shape index (κ1) is 23.8. The number of hydrogen-bond acceptors (Lipinski definition) is 2. The zero-order valence-corrected chi connectivity index (χ0v) is 20.1. The molecule has 2 nitrogen and oxygen atoms in total. The average molecular weight is 415 g/mol. The molecule has 0 aliphatic heterocycles. The molecule has 0 spiro atoms. The van der Waals surface area contributed by atoms with Gasteiger partial charge in [0.15, 0.2) is 0 Å². The summed E-state index contributed by atoms with van der Waals surface area (Å²) in [6, 6.07) is 0. The third-order valence-electron chi connectivity index (χ3n) is 8.80. The quantitative estimate of drug-likeness (QED) is 0.471. The molecule has 0 radical (unpaired) electrons. The predicted molar refractivity (Wildman–Crippen MR) is 127 cm³/mol. The van der Waals surface area contributed by atoms with Gasteiger partial charge in [-0.2, -0.15) is 0 Å². The number of allylic oxidation sites excluding steroid dienone is 4. The molecule has 2 N–H and O–H groups in total. The van der Waals surface area contributed by atoms with Crippen LogP contribution in [0.4, 0.5) is 0 Å². The summed E-state index contributed by atoms with van der Waals surface area (Å²) in [6.45, 7) is 13.4. The van der Waals surface area contributed by atoms with Crippen LogP contribution in [0.2, 0.25) is 0 Å². The summed E-state index contributed by atoms with van der Waals surface area (Å²) in [6.07, 6.45) is 18.1. The smallest absolute Gasteiger partial charge is 0.0591 e. The van der Waals surface area contributed by atoms with Crippen LogP contribution in [0.15, 0.2) is 35.5 Å². The molecule has 0 aromatic carbocycles. The Hall–Kier alpha value is -0.860. The van der Waals surface area contributed by atoms with Gasteiger partial charge >= 0.3 is 0 Å². The fourth-order valence-corrected chi connectivity index (χ4v) is 7.01. The Kier molecular flexibility index (Phi) is 7.72. The lowest BCUT2D eigenvalue weighted by atomic mass is 9.60. The van der Waals surface area contributed by atoms with Gasteiger partial charge in [0, 0.05) is 12.5 Å². The minimum atomic E-state index is -0.533. The first-order valence-corrected chi connectivity index (χ1v) is 12.6. The first-order chi connectivity index (χ1) is 14.2. The maximum atomic E-state index is 10.1. The van der Waals surface area contributed by atoms with Crippen LogP contribution < -0.4 is 0 Å². The van der Waals surface area contributed by atoms with Crippen LogP contribution in [-0.2, 0) is 0 Å². The Bertz CT molecular complexity index is 665. The van der Waals surface area contributed by atoms with Crippen LogP contribution in [0.3, 0.4) is 0 Å². The molecular formula is C28H46O2. The zero-order chi connectivity index (χ0) is 21.9. The molecule has 0 heterocycles. The van der Waals surface area contributed by atoms with Gasteiger partial charge < -0.3 is 10.2 Å². The maximum Gasteiger partial charge on any atom is 0.0591 e. The van der Waals surface area contributed by atoms with Crippen LogP contribution in [-0.4, -0.2) is 22.4 Å². The fraction of sp³-hybridized carbons (Fsp3) is 0.786. The van der Waals surface area contributed by atoms with Crippen LogP contribution in [0, 0.1) is 29.1 Å². The molecule has 2 heteroatoms. The molecule has 30 heavy (non-hydrogen) atoms. The van der Waals surface area contributed by atoms with E-state index in [-0.39, 0.29) is 12.5 Å². The highest BCUT2D eigenvalue weighted by Crippen LogP contribution is 2.60. The monoisotopic (exact) mass is 414 g/mol. The molecule has 3 aliphatic carbocycles. The van der Waals surface area contributed by atoms with Crippen LogP contribution >= 0.6 is 0 Å². The second kappa shape index (κ2) is 9.74. The molecule has 0 saturated heterocycles. The van der Waals surface area contributed by atoms with Gasteiger partial charge in [-0.05, 0) is 106 Å². The summed E-state index contributed by atoms with van der Waals surface area (Å²) in [5, 5.41) is 19.7. The van der Waals surface area contributed by atoms with Crippen molar-refractivity contribution in [3.05, 3.63) is 35.5 Å². The Morgan fingerprint density at radius 1 is 1.17 bits per heavy atom. The summed E-state index contributed by atoms with van der Waals surface area (Å²) in [5.74, 6) is 2.54. The Labute approximate surface area is 185 Å². The van der Waals surface area contributed by atoms with Gasteiger partial charge in [0.2, 0.25) is 0 Å². The van der Waals surface area contributed by atoms with E-state index in [1.807, 2.05) is 13.8 Å². The van der Waals surface area contributed by atoms with Gasteiger partial charge in [0.25, 0.3) is 0 Å². The van der Waals surface area contributed by atoms with Crippen molar-refractivity contribution < 1.29 is 10.2 Å². The van der Waals surface area contributed by atoms with Gasteiger partial charge in [-0.25, -0.2) is 0 Å². The summed E-state index contributed by atoms with van der Waals surface area (Å²) in [4.78, 5) is 0. The zero-order valence-electron chi connectivity index (χ0n) is 20.1. The van der Waals surface area contributed by atoms with Crippen molar-refractivity contribution in [2.24, 2.45) is 29.1 Å². The fourth-order valence-electron chi connectivity index (χ4n) is 7.01. The lowest BCUT2D eigenvalue weighted by Gasteiger charge is -2.44. The number of aliphatic hydroxyl groups excluding tert-OH is 1. The molecule has 3 rings (SSSR count). The number of rotatable bonds is 7. The van der Waals surface area contributed by atoms with E-state index < -0.39 is 5.60 Å². The van der Waals surface area contributed by atoms with Crippen LogP contribution in [0.5, 0.6) is 0 Å². The highest BCUT2D eigenvalue weighted by Gasteiger charge is 2.50. The molecule has 0 aromatic heterocycles. The summed E-state index contributed by atoms with van der Waals surface area (Å²) >= 11 is 0. The molecule has 0 amide bonds. The normalized spacial score (nSPS) is 36.3. The molecule has 0 aromatic rings. The minimum Gasteiger partial charge on any atom is -0.396 e. The van der Waals surface area contributed by atoms with E-state index in [0.29, 0.717) is 5.41 Å². The van der Waals surface area contributed by atoms with E-state index in [1.165, 1.54) is 56.1 Å². The van der Waals surface area contributed by atoms with Gasteiger partial charge in [-0.3, -0.25) is 0 Å². The molecule has 5 atom stereocenters. The molecule has 170 valence electrons. The van der Waals surface area contributed by atoms with E-state index >= 15 is 0 Å². The largest absolute Gasteiger partial charge is 0.396 e. The maximum absolute atomic E-state index is 10.1.